The van der Waals surface area contributed by atoms with E-state index in [1.165, 1.54) is 24.9 Å². The number of hydrogen-bond acceptors (Lipinski definition) is 4. The second-order valence-corrected chi connectivity index (χ2v) is 4.81. The molecule has 2 nitrogen and oxygen atoms in total. The summed E-state index contributed by atoms with van der Waals surface area (Å²) in [6.45, 7) is 1.19. The van der Waals surface area contributed by atoms with Crippen molar-refractivity contribution in [2.75, 3.05) is 12.4 Å². The molecule has 1 unspecified atom stereocenters. The summed E-state index contributed by atoms with van der Waals surface area (Å²) in [6, 6.07) is 4.74. The lowest BCUT2D eigenvalue weighted by molar-refractivity contribution is 0.304. The summed E-state index contributed by atoms with van der Waals surface area (Å²) >= 11 is 4.21. The Balaban J connectivity index is 2.10. The van der Waals surface area contributed by atoms with Crippen LogP contribution in [-0.2, 0) is 0 Å². The molecular weight excluding hydrogens is 212 g/mol. The molecule has 0 aliphatic carbocycles. The molecule has 0 radical (unpaired) electrons. The number of hydrogen-bond donors (Lipinski definition) is 1. The van der Waals surface area contributed by atoms with Crippen LogP contribution in [0.15, 0.2) is 24.5 Å². The van der Waals surface area contributed by atoms with Gasteiger partial charge in [-0.1, -0.05) is 16.9 Å². The molecular formula is C10H14N2S2. The summed E-state index contributed by atoms with van der Waals surface area (Å²) in [6.07, 6.45) is 6.34. The molecule has 0 N–H and O–H groups in total. The van der Waals surface area contributed by atoms with E-state index in [4.69, 9.17) is 0 Å². The van der Waals surface area contributed by atoms with Crippen molar-refractivity contribution < 1.29 is 0 Å². The molecule has 4 heteroatoms. The molecule has 76 valence electrons. The fraction of sp³-hybridized carbons (Fsp3) is 0.500. The second kappa shape index (κ2) is 5.05. The highest BCUT2D eigenvalue weighted by molar-refractivity contribution is 8.68. The van der Waals surface area contributed by atoms with E-state index in [0.29, 0.717) is 6.04 Å². The maximum absolute atomic E-state index is 4.21. The first kappa shape index (κ1) is 10.3. The van der Waals surface area contributed by atoms with E-state index < -0.39 is 0 Å². The molecule has 2 heterocycles. The molecule has 0 spiro atoms. The van der Waals surface area contributed by atoms with Crippen LogP contribution in [0.2, 0.25) is 0 Å². The van der Waals surface area contributed by atoms with Crippen LogP contribution in [0.5, 0.6) is 0 Å². The van der Waals surface area contributed by atoms with Gasteiger partial charge in [-0.05, 0) is 31.0 Å². The molecule has 1 aliphatic heterocycles. The van der Waals surface area contributed by atoms with Crippen LogP contribution in [0.1, 0.15) is 24.4 Å². The molecule has 1 atom stereocenters. The maximum atomic E-state index is 4.21. The topological polar surface area (TPSA) is 16.1 Å². The predicted octanol–water partition coefficient (Wildman–Crippen LogP) is 2.75. The zero-order valence-corrected chi connectivity index (χ0v) is 9.68. The van der Waals surface area contributed by atoms with E-state index in [9.17, 15) is 0 Å². The minimum atomic E-state index is 0.559. The van der Waals surface area contributed by atoms with Gasteiger partial charge in [-0.3, -0.25) is 9.88 Å². The van der Waals surface area contributed by atoms with Crippen molar-refractivity contribution in [2.45, 2.75) is 18.9 Å². The Morgan fingerprint density at radius 1 is 1.64 bits per heavy atom. The maximum Gasteiger partial charge on any atom is 0.0552 e. The highest BCUT2D eigenvalue weighted by Gasteiger charge is 2.25. The van der Waals surface area contributed by atoms with Crippen LogP contribution in [0.25, 0.3) is 0 Å². The lowest BCUT2D eigenvalue weighted by atomic mass is 10.1. The molecule has 1 saturated heterocycles. The fourth-order valence-electron chi connectivity index (χ4n) is 2.01. The summed E-state index contributed by atoms with van der Waals surface area (Å²) in [4.78, 5) is 6.64. The monoisotopic (exact) mass is 226 g/mol. The number of rotatable bonds is 3. The van der Waals surface area contributed by atoms with Gasteiger partial charge < -0.3 is 0 Å². The number of thiol groups is 1. The zero-order valence-electron chi connectivity index (χ0n) is 7.97. The SMILES string of the molecule is SSCN1CCCC1c1cccnc1. The third-order valence-corrected chi connectivity index (χ3v) is 3.45. The molecule has 0 aromatic carbocycles. The summed E-state index contributed by atoms with van der Waals surface area (Å²) in [7, 11) is 1.60. The van der Waals surface area contributed by atoms with Gasteiger partial charge in [-0.2, -0.15) is 0 Å². The Hall–Kier alpha value is -0.190. The van der Waals surface area contributed by atoms with Gasteiger partial charge in [-0.25, -0.2) is 0 Å². The van der Waals surface area contributed by atoms with Crippen molar-refractivity contribution in [1.29, 1.82) is 0 Å². The van der Waals surface area contributed by atoms with Gasteiger partial charge in [0.1, 0.15) is 0 Å². The Kier molecular flexibility index (Phi) is 3.73. The molecule has 1 aliphatic rings. The molecule has 1 aromatic heterocycles. The number of likely N-dealkylation sites (tertiary alicyclic amines) is 1. The van der Waals surface area contributed by atoms with Crippen LogP contribution < -0.4 is 0 Å². The molecule has 2 rings (SSSR count). The lowest BCUT2D eigenvalue weighted by Crippen LogP contribution is -2.22. The Morgan fingerprint density at radius 3 is 3.29 bits per heavy atom. The minimum Gasteiger partial charge on any atom is -0.286 e. The van der Waals surface area contributed by atoms with Gasteiger partial charge in [-0.15, -0.1) is 11.7 Å². The summed E-state index contributed by atoms with van der Waals surface area (Å²) in [5.41, 5.74) is 1.34. The molecule has 1 fully saturated rings. The first-order valence-electron chi connectivity index (χ1n) is 4.82. The number of nitrogens with zero attached hydrogens (tertiary/aromatic N) is 2. The Labute approximate surface area is 93.9 Å². The fourth-order valence-corrected chi connectivity index (χ4v) is 2.91. The highest BCUT2D eigenvalue weighted by atomic mass is 33.1. The van der Waals surface area contributed by atoms with E-state index in [2.05, 4.69) is 27.6 Å². The van der Waals surface area contributed by atoms with Crippen molar-refractivity contribution in [3.63, 3.8) is 0 Å². The van der Waals surface area contributed by atoms with E-state index >= 15 is 0 Å². The third kappa shape index (κ3) is 2.24. The Morgan fingerprint density at radius 2 is 2.57 bits per heavy atom. The summed E-state index contributed by atoms with van der Waals surface area (Å²) in [5, 5.41) is 0. The van der Waals surface area contributed by atoms with Crippen molar-refractivity contribution >= 4 is 22.5 Å². The van der Waals surface area contributed by atoms with Crippen molar-refractivity contribution in [3.05, 3.63) is 30.1 Å². The summed E-state index contributed by atoms with van der Waals surface area (Å²) < 4.78 is 0. The van der Waals surface area contributed by atoms with Crippen LogP contribution in [0.4, 0.5) is 0 Å². The van der Waals surface area contributed by atoms with Gasteiger partial charge in [0.05, 0.1) is 5.88 Å². The van der Waals surface area contributed by atoms with Gasteiger partial charge in [0.25, 0.3) is 0 Å². The van der Waals surface area contributed by atoms with Crippen LogP contribution in [-0.4, -0.2) is 22.3 Å². The molecule has 0 saturated carbocycles. The summed E-state index contributed by atoms with van der Waals surface area (Å²) in [5.74, 6) is 1.00. The van der Waals surface area contributed by atoms with E-state index in [1.54, 1.807) is 10.8 Å². The van der Waals surface area contributed by atoms with Crippen molar-refractivity contribution in [2.24, 2.45) is 0 Å². The number of aromatic nitrogens is 1. The third-order valence-electron chi connectivity index (χ3n) is 2.66. The first-order chi connectivity index (χ1) is 6.92. The molecule has 14 heavy (non-hydrogen) atoms. The average molecular weight is 226 g/mol. The van der Waals surface area contributed by atoms with E-state index in [1.807, 2.05) is 18.5 Å². The smallest absolute Gasteiger partial charge is 0.0552 e. The van der Waals surface area contributed by atoms with E-state index in [0.717, 1.165) is 5.88 Å². The number of pyridine rings is 1. The minimum absolute atomic E-state index is 0.559. The average Bonchev–Trinajstić information content (AvgIpc) is 2.68. The predicted molar refractivity (Wildman–Crippen MR) is 64.4 cm³/mol. The van der Waals surface area contributed by atoms with Crippen LogP contribution in [0, 0.1) is 0 Å². The first-order valence-corrected chi connectivity index (χ1v) is 6.86. The van der Waals surface area contributed by atoms with Gasteiger partial charge >= 0.3 is 0 Å². The zero-order chi connectivity index (χ0) is 9.80. The standard InChI is InChI=1S/C10H14N2S2/c13-14-8-12-6-2-4-10(12)9-3-1-5-11-7-9/h1,3,5,7,10,13H,2,4,6,8H2. The normalized spacial score (nSPS) is 22.8. The van der Waals surface area contributed by atoms with Gasteiger partial charge in [0.15, 0.2) is 0 Å². The molecule has 0 bridgehead atoms. The van der Waals surface area contributed by atoms with Crippen LogP contribution in [0.3, 0.4) is 0 Å². The van der Waals surface area contributed by atoms with Crippen LogP contribution >= 0.6 is 22.5 Å². The van der Waals surface area contributed by atoms with Gasteiger partial charge in [0.2, 0.25) is 0 Å². The van der Waals surface area contributed by atoms with Gasteiger partial charge in [0, 0.05) is 18.4 Å². The second-order valence-electron chi connectivity index (χ2n) is 3.51. The molecule has 0 amide bonds. The van der Waals surface area contributed by atoms with Crippen molar-refractivity contribution in [3.8, 4) is 0 Å². The lowest BCUT2D eigenvalue weighted by Gasteiger charge is -2.22. The quantitative estimate of drug-likeness (QED) is 0.630. The highest BCUT2D eigenvalue weighted by Crippen LogP contribution is 2.32. The molecule has 1 aromatic rings. The van der Waals surface area contributed by atoms with E-state index in [-0.39, 0.29) is 0 Å². The largest absolute Gasteiger partial charge is 0.286 e. The Bertz CT molecular complexity index is 279. The van der Waals surface area contributed by atoms with Crippen molar-refractivity contribution in [1.82, 2.24) is 9.88 Å².